The Morgan fingerprint density at radius 3 is 2.67 bits per heavy atom. The lowest BCUT2D eigenvalue weighted by molar-refractivity contribution is 0.565. The first-order chi connectivity index (χ1) is 14.8. The van der Waals surface area contributed by atoms with Gasteiger partial charge in [-0.2, -0.15) is 5.10 Å². The van der Waals surface area contributed by atoms with Crippen LogP contribution in [0.15, 0.2) is 36.8 Å². The molecule has 0 unspecified atom stereocenters. The number of hydrogen-bond acceptors (Lipinski definition) is 7. The van der Waals surface area contributed by atoms with Crippen molar-refractivity contribution in [3.63, 3.8) is 0 Å². The average Bonchev–Trinajstić information content (AvgIpc) is 3.52. The summed E-state index contributed by atoms with van der Waals surface area (Å²) < 4.78 is 16.8. The third-order valence-corrected chi connectivity index (χ3v) is 5.73. The number of piperazine rings is 1. The second kappa shape index (κ2) is 6.88. The predicted octanol–water partition coefficient (Wildman–Crippen LogP) is 3.00. The highest BCUT2D eigenvalue weighted by Gasteiger charge is 2.27. The molecule has 4 aromatic rings. The van der Waals surface area contributed by atoms with Crippen LogP contribution in [0.2, 0.25) is 0 Å². The van der Waals surface area contributed by atoms with Gasteiger partial charge in [0.15, 0.2) is 5.82 Å². The first-order valence-electron chi connectivity index (χ1n) is 10.3. The van der Waals surface area contributed by atoms with Gasteiger partial charge in [0.2, 0.25) is 5.95 Å². The van der Waals surface area contributed by atoms with E-state index in [0.29, 0.717) is 23.5 Å². The zero-order valence-electron chi connectivity index (χ0n) is 16.3. The van der Waals surface area contributed by atoms with Gasteiger partial charge in [0.25, 0.3) is 0 Å². The van der Waals surface area contributed by atoms with Gasteiger partial charge in [-0.05, 0) is 12.8 Å². The van der Waals surface area contributed by atoms with Crippen molar-refractivity contribution in [1.82, 2.24) is 30.0 Å². The number of nitrogens with one attached hydrogen (secondary N) is 2. The largest absolute Gasteiger partial charge is 0.365 e. The van der Waals surface area contributed by atoms with Crippen LogP contribution >= 0.6 is 0 Å². The van der Waals surface area contributed by atoms with Gasteiger partial charge in [0.1, 0.15) is 11.3 Å². The van der Waals surface area contributed by atoms with Crippen molar-refractivity contribution >= 4 is 39.3 Å². The number of aromatic nitrogens is 5. The summed E-state index contributed by atoms with van der Waals surface area (Å²) in [7, 11) is 0. The summed E-state index contributed by atoms with van der Waals surface area (Å²) in [5, 5.41) is 12.9. The van der Waals surface area contributed by atoms with E-state index in [1.165, 1.54) is 6.07 Å². The molecular formula is C21H21FN8. The Kier molecular flexibility index (Phi) is 4.02. The predicted molar refractivity (Wildman–Crippen MR) is 114 cm³/mol. The van der Waals surface area contributed by atoms with E-state index in [0.717, 1.165) is 60.8 Å². The Balaban J connectivity index is 1.34. The molecule has 1 saturated carbocycles. The van der Waals surface area contributed by atoms with Crippen molar-refractivity contribution in [2.24, 2.45) is 0 Å². The molecule has 8 nitrogen and oxygen atoms in total. The van der Waals surface area contributed by atoms with Crippen molar-refractivity contribution in [2.75, 3.05) is 36.4 Å². The molecule has 152 valence electrons. The van der Waals surface area contributed by atoms with Gasteiger partial charge in [-0.3, -0.25) is 4.68 Å². The van der Waals surface area contributed by atoms with Crippen LogP contribution in [0, 0.1) is 5.82 Å². The topological polar surface area (TPSA) is 83.8 Å². The average molecular weight is 404 g/mol. The van der Waals surface area contributed by atoms with Crippen molar-refractivity contribution in [3.05, 3.63) is 42.6 Å². The highest BCUT2D eigenvalue weighted by molar-refractivity contribution is 6.03. The molecule has 1 aliphatic heterocycles. The normalized spacial score (nSPS) is 17.0. The highest BCUT2D eigenvalue weighted by Crippen LogP contribution is 2.38. The molecular weight excluding hydrogens is 383 g/mol. The van der Waals surface area contributed by atoms with Crippen LogP contribution in [0.3, 0.4) is 0 Å². The van der Waals surface area contributed by atoms with E-state index in [2.05, 4.69) is 30.4 Å². The van der Waals surface area contributed by atoms with Gasteiger partial charge in [-0.1, -0.05) is 12.1 Å². The molecule has 1 aromatic carbocycles. The van der Waals surface area contributed by atoms with Crippen LogP contribution in [0.25, 0.3) is 21.8 Å². The quantitative estimate of drug-likeness (QED) is 0.541. The van der Waals surface area contributed by atoms with Crippen LogP contribution in [-0.2, 0) is 0 Å². The van der Waals surface area contributed by atoms with Crippen LogP contribution in [-0.4, -0.2) is 50.9 Å². The molecule has 0 spiro atoms. The molecule has 0 radical (unpaired) electrons. The van der Waals surface area contributed by atoms with E-state index in [1.807, 2.05) is 23.2 Å². The van der Waals surface area contributed by atoms with Gasteiger partial charge in [0, 0.05) is 49.2 Å². The maximum atomic E-state index is 14.7. The van der Waals surface area contributed by atoms with E-state index in [-0.39, 0.29) is 5.82 Å². The van der Waals surface area contributed by atoms with Crippen LogP contribution in [0.5, 0.6) is 0 Å². The summed E-state index contributed by atoms with van der Waals surface area (Å²) in [6, 6.07) is 5.90. The van der Waals surface area contributed by atoms with Crippen molar-refractivity contribution in [1.29, 1.82) is 0 Å². The minimum atomic E-state index is -0.301. The second-order valence-corrected chi connectivity index (χ2v) is 7.84. The number of fused-ring (bicyclic) bond motifs is 3. The summed E-state index contributed by atoms with van der Waals surface area (Å²) in [6.45, 7) is 3.22. The number of halogens is 1. The molecule has 2 fully saturated rings. The minimum absolute atomic E-state index is 0.301. The molecule has 2 aliphatic rings. The molecule has 9 heteroatoms. The number of nitrogens with zero attached hydrogens (tertiary/aromatic N) is 6. The number of benzene rings is 1. The fourth-order valence-corrected chi connectivity index (χ4v) is 4.03. The van der Waals surface area contributed by atoms with Crippen LogP contribution in [0.4, 0.5) is 21.8 Å². The van der Waals surface area contributed by atoms with E-state index in [1.54, 1.807) is 12.4 Å². The fourth-order valence-electron chi connectivity index (χ4n) is 4.03. The third kappa shape index (κ3) is 3.02. The number of hydrogen-bond donors (Lipinski definition) is 2. The minimum Gasteiger partial charge on any atom is -0.365 e. The number of rotatable bonds is 4. The molecule has 4 heterocycles. The zero-order chi connectivity index (χ0) is 20.1. The van der Waals surface area contributed by atoms with Crippen LogP contribution < -0.4 is 15.5 Å². The zero-order valence-corrected chi connectivity index (χ0v) is 16.3. The molecule has 0 bridgehead atoms. The summed E-state index contributed by atoms with van der Waals surface area (Å²) in [5.74, 6) is 0.471. The highest BCUT2D eigenvalue weighted by atomic mass is 19.1. The molecule has 0 atom stereocenters. The maximum Gasteiger partial charge on any atom is 0.228 e. The molecule has 6 rings (SSSR count). The molecule has 0 amide bonds. The fraction of sp³-hybridized carbons (Fsp3) is 0.333. The molecule has 3 aromatic heterocycles. The maximum absolute atomic E-state index is 14.7. The van der Waals surface area contributed by atoms with E-state index in [9.17, 15) is 4.39 Å². The third-order valence-electron chi connectivity index (χ3n) is 5.73. The SMILES string of the molecule is Fc1cc(Nc2ncc3ccc4cnn(C5CC5)c4c3n2)ncc1N1CCNCC1. The summed E-state index contributed by atoms with van der Waals surface area (Å²) in [4.78, 5) is 15.5. The summed E-state index contributed by atoms with van der Waals surface area (Å²) in [6.07, 6.45) is 7.52. The monoisotopic (exact) mass is 404 g/mol. The van der Waals surface area contributed by atoms with Crippen molar-refractivity contribution in [3.8, 4) is 0 Å². The van der Waals surface area contributed by atoms with E-state index >= 15 is 0 Å². The lowest BCUT2D eigenvalue weighted by Crippen LogP contribution is -2.43. The Morgan fingerprint density at radius 1 is 1.03 bits per heavy atom. The molecule has 2 N–H and O–H groups in total. The first kappa shape index (κ1) is 17.5. The van der Waals surface area contributed by atoms with Crippen molar-refractivity contribution < 1.29 is 4.39 Å². The molecule has 30 heavy (non-hydrogen) atoms. The summed E-state index contributed by atoms with van der Waals surface area (Å²) in [5.41, 5.74) is 2.39. The smallest absolute Gasteiger partial charge is 0.228 e. The Bertz CT molecular complexity index is 1240. The van der Waals surface area contributed by atoms with E-state index < -0.39 is 0 Å². The molecule has 1 aliphatic carbocycles. The Hall–Kier alpha value is -3.33. The van der Waals surface area contributed by atoms with Gasteiger partial charge in [0.05, 0.1) is 29.6 Å². The van der Waals surface area contributed by atoms with Gasteiger partial charge in [-0.15, -0.1) is 0 Å². The van der Waals surface area contributed by atoms with Gasteiger partial charge < -0.3 is 15.5 Å². The second-order valence-electron chi connectivity index (χ2n) is 7.84. The lowest BCUT2D eigenvalue weighted by atomic mass is 10.2. The molecule has 1 saturated heterocycles. The standard InChI is InChI=1S/C21H21FN8/c22-16-9-18(24-12-17(16)29-7-5-23-6-8-29)27-21-25-10-13-1-2-14-11-26-30(15-3-4-15)20(14)19(13)28-21/h1-2,9-12,15,23H,3-8H2,(H,24,25,27,28). The first-order valence-corrected chi connectivity index (χ1v) is 10.3. The lowest BCUT2D eigenvalue weighted by Gasteiger charge is -2.29. The number of anilines is 3. The summed E-state index contributed by atoms with van der Waals surface area (Å²) >= 11 is 0. The number of pyridine rings is 1. The van der Waals surface area contributed by atoms with Gasteiger partial charge in [-0.25, -0.2) is 19.3 Å². The van der Waals surface area contributed by atoms with E-state index in [4.69, 9.17) is 4.98 Å². The Morgan fingerprint density at radius 2 is 1.87 bits per heavy atom. The van der Waals surface area contributed by atoms with Crippen LogP contribution in [0.1, 0.15) is 18.9 Å². The van der Waals surface area contributed by atoms with Crippen molar-refractivity contribution in [2.45, 2.75) is 18.9 Å². The van der Waals surface area contributed by atoms with Gasteiger partial charge >= 0.3 is 0 Å². The Labute approximate surface area is 172 Å².